The molecule has 1 fully saturated rings. The van der Waals surface area contributed by atoms with Gasteiger partial charge in [-0.15, -0.1) is 5.26 Å². The van der Waals surface area contributed by atoms with Gasteiger partial charge in [-0.2, -0.15) is 0 Å². The Bertz CT molecular complexity index is 219. The second-order valence-electron chi connectivity index (χ2n) is 4.85. The lowest BCUT2D eigenvalue weighted by Gasteiger charge is -2.30. The van der Waals surface area contributed by atoms with E-state index < -0.39 is 0 Å². The van der Waals surface area contributed by atoms with Crippen molar-refractivity contribution in [2.24, 2.45) is 0 Å². The van der Waals surface area contributed by atoms with Crippen molar-refractivity contribution in [1.82, 2.24) is 0 Å². The van der Waals surface area contributed by atoms with Crippen LogP contribution in [-0.2, 0) is 0 Å². The maximum Gasteiger partial charge on any atom is 0.308 e. The third-order valence-corrected chi connectivity index (χ3v) is 3.87. The fourth-order valence-electron chi connectivity index (χ4n) is 2.89. The summed E-state index contributed by atoms with van der Waals surface area (Å²) >= 11 is 0. The van der Waals surface area contributed by atoms with Crippen molar-refractivity contribution in [3.05, 3.63) is 0 Å². The molecule has 0 aliphatic carbocycles. The van der Waals surface area contributed by atoms with E-state index in [0.717, 1.165) is 17.6 Å². The molecule has 1 aliphatic heterocycles. The fraction of sp³-hybridized carbons (Fsp3) is 0.923. The lowest BCUT2D eigenvalue weighted by atomic mass is 10.1. The van der Waals surface area contributed by atoms with Crippen molar-refractivity contribution < 1.29 is 4.48 Å². The Labute approximate surface area is 94.5 Å². The third-order valence-electron chi connectivity index (χ3n) is 3.87. The van der Waals surface area contributed by atoms with Gasteiger partial charge in [0.05, 0.1) is 13.1 Å². The van der Waals surface area contributed by atoms with Crippen molar-refractivity contribution in [1.29, 1.82) is 5.26 Å². The van der Waals surface area contributed by atoms with Gasteiger partial charge in [0.2, 0.25) is 0 Å². The van der Waals surface area contributed by atoms with Gasteiger partial charge in [0.1, 0.15) is 6.04 Å². The predicted molar refractivity (Wildman–Crippen MR) is 63.1 cm³/mol. The number of nitrogens with zero attached hydrogens (tertiary/aromatic N) is 2. The Morgan fingerprint density at radius 2 is 2.07 bits per heavy atom. The van der Waals surface area contributed by atoms with E-state index in [1.165, 1.54) is 44.9 Å². The molecule has 1 saturated heterocycles. The maximum atomic E-state index is 9.40. The summed E-state index contributed by atoms with van der Waals surface area (Å²) in [5, 5.41) is 9.40. The summed E-state index contributed by atoms with van der Waals surface area (Å²) in [6, 6.07) is 0.622. The molecule has 2 atom stereocenters. The van der Waals surface area contributed by atoms with Crippen LogP contribution >= 0.6 is 0 Å². The Balaban J connectivity index is 2.42. The Kier molecular flexibility index (Phi) is 5.11. The standard InChI is InChI=1S/C13H25N2/c1-3-5-6-7-10-15(12-14)11-8-9-13(15)4-2/h13H,3-11H2,1-2H3/q+1. The van der Waals surface area contributed by atoms with Crippen molar-refractivity contribution in [2.45, 2.75) is 64.8 Å². The van der Waals surface area contributed by atoms with Gasteiger partial charge in [-0.3, -0.25) is 0 Å². The molecule has 2 unspecified atom stereocenters. The van der Waals surface area contributed by atoms with Crippen LogP contribution in [0.15, 0.2) is 0 Å². The summed E-state index contributed by atoms with van der Waals surface area (Å²) in [6.45, 7) is 6.65. The summed E-state index contributed by atoms with van der Waals surface area (Å²) in [5.41, 5.74) is 0. The van der Waals surface area contributed by atoms with Crippen LogP contribution in [-0.4, -0.2) is 23.6 Å². The van der Waals surface area contributed by atoms with Crippen LogP contribution in [0, 0.1) is 11.5 Å². The number of likely N-dealkylation sites (tertiary alicyclic amines) is 1. The van der Waals surface area contributed by atoms with Crippen LogP contribution in [0.2, 0.25) is 0 Å². The highest BCUT2D eigenvalue weighted by Crippen LogP contribution is 2.29. The molecule has 0 N–H and O–H groups in total. The first-order chi connectivity index (χ1) is 7.29. The van der Waals surface area contributed by atoms with E-state index in [2.05, 4.69) is 20.0 Å². The fourth-order valence-corrected chi connectivity index (χ4v) is 2.89. The smallest absolute Gasteiger partial charge is 0.221 e. The third kappa shape index (κ3) is 2.95. The lowest BCUT2D eigenvalue weighted by molar-refractivity contribution is -0.878. The first-order valence-corrected chi connectivity index (χ1v) is 6.57. The molecule has 0 aromatic carbocycles. The Morgan fingerprint density at radius 3 is 2.67 bits per heavy atom. The monoisotopic (exact) mass is 209 g/mol. The quantitative estimate of drug-likeness (QED) is 0.373. The molecular weight excluding hydrogens is 184 g/mol. The van der Waals surface area contributed by atoms with E-state index in [4.69, 9.17) is 0 Å². The highest BCUT2D eigenvalue weighted by molar-refractivity contribution is 4.74. The minimum Gasteiger partial charge on any atom is -0.221 e. The van der Waals surface area contributed by atoms with Gasteiger partial charge in [0, 0.05) is 12.8 Å². The van der Waals surface area contributed by atoms with Crippen molar-refractivity contribution in [3.63, 3.8) is 0 Å². The SMILES string of the molecule is CCCCCC[N+]1(C#N)CCCC1CC. The second kappa shape index (κ2) is 6.12. The number of quaternary nitrogens is 1. The number of hydrogen-bond donors (Lipinski definition) is 0. The average molecular weight is 209 g/mol. The average Bonchev–Trinajstić information content (AvgIpc) is 2.68. The molecule has 2 heteroatoms. The Morgan fingerprint density at radius 1 is 1.27 bits per heavy atom. The van der Waals surface area contributed by atoms with E-state index in [9.17, 15) is 5.26 Å². The molecule has 0 spiro atoms. The molecule has 0 bridgehead atoms. The van der Waals surface area contributed by atoms with Crippen molar-refractivity contribution >= 4 is 0 Å². The zero-order valence-electron chi connectivity index (χ0n) is 10.3. The Hall–Kier alpha value is -0.550. The van der Waals surface area contributed by atoms with Gasteiger partial charge in [-0.05, 0) is 19.3 Å². The molecule has 2 nitrogen and oxygen atoms in total. The van der Waals surface area contributed by atoms with Crippen LogP contribution in [0.4, 0.5) is 0 Å². The van der Waals surface area contributed by atoms with Gasteiger partial charge in [0.25, 0.3) is 0 Å². The second-order valence-corrected chi connectivity index (χ2v) is 4.85. The number of unbranched alkanes of at least 4 members (excludes halogenated alkanes) is 3. The molecule has 0 saturated carbocycles. The van der Waals surface area contributed by atoms with Crippen LogP contribution in [0.3, 0.4) is 0 Å². The molecular formula is C13H25N2+. The molecule has 1 heterocycles. The molecule has 0 aromatic rings. The molecule has 86 valence electrons. The molecule has 1 aliphatic rings. The topological polar surface area (TPSA) is 23.8 Å². The first-order valence-electron chi connectivity index (χ1n) is 6.57. The van der Waals surface area contributed by atoms with Crippen molar-refractivity contribution in [3.8, 4) is 6.19 Å². The van der Waals surface area contributed by atoms with Crippen LogP contribution in [0.5, 0.6) is 0 Å². The zero-order valence-corrected chi connectivity index (χ0v) is 10.3. The van der Waals surface area contributed by atoms with Crippen LogP contribution in [0.1, 0.15) is 58.8 Å². The normalized spacial score (nSPS) is 30.3. The number of nitriles is 1. The minimum absolute atomic E-state index is 0.622. The van der Waals surface area contributed by atoms with E-state index >= 15 is 0 Å². The lowest BCUT2D eigenvalue weighted by Crippen LogP contribution is -2.47. The molecule has 0 aromatic heterocycles. The van der Waals surface area contributed by atoms with E-state index in [0.29, 0.717) is 6.04 Å². The largest absolute Gasteiger partial charge is 0.308 e. The molecule has 0 amide bonds. The number of hydrogen-bond acceptors (Lipinski definition) is 1. The minimum atomic E-state index is 0.622. The number of rotatable bonds is 6. The predicted octanol–water partition coefficient (Wildman–Crippen LogP) is 3.44. The molecule has 1 rings (SSSR count). The van der Waals surface area contributed by atoms with Crippen molar-refractivity contribution in [2.75, 3.05) is 13.1 Å². The zero-order chi connectivity index (χ0) is 11.1. The van der Waals surface area contributed by atoms with Gasteiger partial charge >= 0.3 is 6.19 Å². The summed E-state index contributed by atoms with van der Waals surface area (Å²) in [5.74, 6) is 0. The van der Waals surface area contributed by atoms with Crippen LogP contribution < -0.4 is 0 Å². The summed E-state index contributed by atoms with van der Waals surface area (Å²) in [7, 11) is 0. The maximum absolute atomic E-state index is 9.40. The van der Waals surface area contributed by atoms with E-state index in [-0.39, 0.29) is 0 Å². The van der Waals surface area contributed by atoms with E-state index in [1.807, 2.05) is 0 Å². The highest BCUT2D eigenvalue weighted by Gasteiger charge is 2.40. The van der Waals surface area contributed by atoms with Gasteiger partial charge in [-0.25, -0.2) is 4.48 Å². The van der Waals surface area contributed by atoms with Gasteiger partial charge in [0.15, 0.2) is 0 Å². The van der Waals surface area contributed by atoms with E-state index in [1.54, 1.807) is 0 Å². The summed E-state index contributed by atoms with van der Waals surface area (Å²) in [6.07, 6.45) is 11.4. The first kappa shape index (κ1) is 12.5. The summed E-state index contributed by atoms with van der Waals surface area (Å²) in [4.78, 5) is 0. The molecule has 0 radical (unpaired) electrons. The molecule has 15 heavy (non-hydrogen) atoms. The highest BCUT2D eigenvalue weighted by atomic mass is 15.4. The van der Waals surface area contributed by atoms with Gasteiger partial charge in [-0.1, -0.05) is 26.7 Å². The summed E-state index contributed by atoms with van der Waals surface area (Å²) < 4.78 is 0.750. The van der Waals surface area contributed by atoms with Gasteiger partial charge < -0.3 is 0 Å². The van der Waals surface area contributed by atoms with Crippen LogP contribution in [0.25, 0.3) is 0 Å².